The Morgan fingerprint density at radius 2 is 2.08 bits per heavy atom. The lowest BCUT2D eigenvalue weighted by molar-refractivity contribution is -0.113. The average Bonchev–Trinajstić information content (AvgIpc) is 2.86. The van der Waals surface area contributed by atoms with E-state index in [0.29, 0.717) is 31.7 Å². The Morgan fingerprint density at radius 3 is 2.77 bits per heavy atom. The van der Waals surface area contributed by atoms with Crippen LogP contribution in [0.2, 0.25) is 0 Å². The lowest BCUT2D eigenvalue weighted by Crippen LogP contribution is -2.27. The van der Waals surface area contributed by atoms with E-state index in [0.717, 1.165) is 10.0 Å². The van der Waals surface area contributed by atoms with Crippen molar-refractivity contribution in [1.82, 2.24) is 0 Å². The van der Waals surface area contributed by atoms with Crippen LogP contribution in [0.5, 0.6) is 11.5 Å². The van der Waals surface area contributed by atoms with Gasteiger partial charge in [0.15, 0.2) is 15.8 Å². The van der Waals surface area contributed by atoms with Gasteiger partial charge in [0.05, 0.1) is 17.2 Å². The number of benzene rings is 2. The van der Waals surface area contributed by atoms with Crippen LogP contribution in [-0.2, 0) is 4.79 Å². The van der Waals surface area contributed by atoms with Crippen LogP contribution in [0.3, 0.4) is 0 Å². The lowest BCUT2D eigenvalue weighted by Gasteiger charge is -2.14. The van der Waals surface area contributed by atoms with Crippen LogP contribution in [-0.4, -0.2) is 21.9 Å². The van der Waals surface area contributed by atoms with Gasteiger partial charge < -0.3 is 9.84 Å². The van der Waals surface area contributed by atoms with E-state index in [4.69, 9.17) is 17.0 Å². The molecule has 1 aliphatic heterocycles. The van der Waals surface area contributed by atoms with Crippen LogP contribution in [0.4, 0.5) is 5.69 Å². The van der Waals surface area contributed by atoms with Crippen LogP contribution in [0.1, 0.15) is 12.5 Å². The molecule has 0 bridgehead atoms. The Bertz CT molecular complexity index is 931. The van der Waals surface area contributed by atoms with Crippen molar-refractivity contribution in [2.45, 2.75) is 6.92 Å². The first-order chi connectivity index (χ1) is 12.4. The van der Waals surface area contributed by atoms with Gasteiger partial charge in [-0.1, -0.05) is 61.9 Å². The molecule has 0 unspecified atom stereocenters. The summed E-state index contributed by atoms with van der Waals surface area (Å²) in [6, 6.07) is 10.7. The van der Waals surface area contributed by atoms with Crippen molar-refractivity contribution in [2.75, 3.05) is 11.5 Å². The summed E-state index contributed by atoms with van der Waals surface area (Å²) >= 11 is 13.5. The molecule has 0 aliphatic carbocycles. The number of halogens is 2. The van der Waals surface area contributed by atoms with E-state index in [9.17, 15) is 9.90 Å². The van der Waals surface area contributed by atoms with Crippen LogP contribution < -0.4 is 9.64 Å². The van der Waals surface area contributed by atoms with E-state index in [-0.39, 0.29) is 11.7 Å². The Balaban J connectivity index is 1.97. The molecule has 4 nitrogen and oxygen atoms in total. The molecule has 1 saturated heterocycles. The SMILES string of the molecule is CCOc1cc(/C=C2/SC(=S)N(c3cccc(Br)c3)C2=O)c(Br)cc1O. The molecule has 134 valence electrons. The number of hydrogen-bond donors (Lipinski definition) is 1. The Hall–Kier alpha value is -1.35. The van der Waals surface area contributed by atoms with Crippen molar-refractivity contribution in [3.63, 3.8) is 0 Å². The van der Waals surface area contributed by atoms with Crippen LogP contribution in [0, 0.1) is 0 Å². The number of aromatic hydroxyl groups is 1. The van der Waals surface area contributed by atoms with Gasteiger partial charge in [-0.05, 0) is 48.9 Å². The second kappa shape index (κ2) is 8.12. The number of thioether (sulfide) groups is 1. The van der Waals surface area contributed by atoms with Gasteiger partial charge in [-0.25, -0.2) is 0 Å². The van der Waals surface area contributed by atoms with Gasteiger partial charge in [-0.15, -0.1) is 0 Å². The minimum Gasteiger partial charge on any atom is -0.504 e. The summed E-state index contributed by atoms with van der Waals surface area (Å²) in [5, 5.41) is 9.94. The molecule has 2 aromatic rings. The number of carbonyl (C=O) groups is 1. The Labute approximate surface area is 177 Å². The molecule has 0 aromatic heterocycles. The maximum atomic E-state index is 12.9. The molecule has 1 heterocycles. The fourth-order valence-electron chi connectivity index (χ4n) is 2.39. The van der Waals surface area contributed by atoms with Crippen LogP contribution >= 0.6 is 55.8 Å². The third-order valence-electron chi connectivity index (χ3n) is 3.52. The van der Waals surface area contributed by atoms with Crippen molar-refractivity contribution in [1.29, 1.82) is 0 Å². The average molecular weight is 515 g/mol. The predicted octanol–water partition coefficient (Wildman–Crippen LogP) is 5.72. The summed E-state index contributed by atoms with van der Waals surface area (Å²) < 4.78 is 7.42. The highest BCUT2D eigenvalue weighted by atomic mass is 79.9. The third kappa shape index (κ3) is 3.98. The van der Waals surface area contributed by atoms with Gasteiger partial charge in [0.1, 0.15) is 0 Å². The number of nitrogens with zero attached hydrogens (tertiary/aromatic N) is 1. The van der Waals surface area contributed by atoms with E-state index >= 15 is 0 Å². The van der Waals surface area contributed by atoms with Gasteiger partial charge in [-0.2, -0.15) is 0 Å². The summed E-state index contributed by atoms with van der Waals surface area (Å²) in [5.74, 6) is 0.220. The van der Waals surface area contributed by atoms with Gasteiger partial charge in [-0.3, -0.25) is 9.69 Å². The number of carbonyl (C=O) groups excluding carboxylic acids is 1. The monoisotopic (exact) mass is 513 g/mol. The summed E-state index contributed by atoms with van der Waals surface area (Å²) in [5.41, 5.74) is 1.44. The molecule has 26 heavy (non-hydrogen) atoms. The molecule has 8 heteroatoms. The van der Waals surface area contributed by atoms with Crippen molar-refractivity contribution in [3.05, 3.63) is 55.8 Å². The van der Waals surface area contributed by atoms with Crippen LogP contribution in [0.15, 0.2) is 50.2 Å². The second-order valence-corrected chi connectivity index (χ2v) is 8.72. The largest absolute Gasteiger partial charge is 0.504 e. The zero-order chi connectivity index (χ0) is 18.8. The highest BCUT2D eigenvalue weighted by Gasteiger charge is 2.33. The van der Waals surface area contributed by atoms with Crippen molar-refractivity contribution in [2.24, 2.45) is 0 Å². The van der Waals surface area contributed by atoms with E-state index in [1.807, 2.05) is 31.2 Å². The van der Waals surface area contributed by atoms with E-state index in [2.05, 4.69) is 31.9 Å². The maximum Gasteiger partial charge on any atom is 0.270 e. The Kier molecular flexibility index (Phi) is 6.06. The molecular weight excluding hydrogens is 502 g/mol. The molecule has 1 fully saturated rings. The lowest BCUT2D eigenvalue weighted by atomic mass is 10.2. The predicted molar refractivity (Wildman–Crippen MR) is 117 cm³/mol. The summed E-state index contributed by atoms with van der Waals surface area (Å²) in [6.45, 7) is 2.27. The van der Waals surface area contributed by atoms with Gasteiger partial charge >= 0.3 is 0 Å². The molecule has 1 N–H and O–H groups in total. The normalized spacial score (nSPS) is 15.8. The number of hydrogen-bond acceptors (Lipinski definition) is 5. The fourth-order valence-corrected chi connectivity index (χ4v) is 4.51. The van der Waals surface area contributed by atoms with Gasteiger partial charge in [0.2, 0.25) is 0 Å². The van der Waals surface area contributed by atoms with Crippen molar-refractivity contribution in [3.8, 4) is 11.5 Å². The summed E-state index contributed by atoms with van der Waals surface area (Å²) in [6.07, 6.45) is 1.74. The zero-order valence-corrected chi connectivity index (χ0v) is 18.3. The highest BCUT2D eigenvalue weighted by molar-refractivity contribution is 9.10. The topological polar surface area (TPSA) is 49.8 Å². The van der Waals surface area contributed by atoms with E-state index in [1.54, 1.807) is 18.2 Å². The number of rotatable bonds is 4. The smallest absolute Gasteiger partial charge is 0.270 e. The zero-order valence-electron chi connectivity index (χ0n) is 13.5. The Morgan fingerprint density at radius 1 is 1.31 bits per heavy atom. The molecule has 0 atom stereocenters. The molecule has 0 radical (unpaired) electrons. The fraction of sp³-hybridized carbons (Fsp3) is 0.111. The number of ether oxygens (including phenoxy) is 1. The number of phenols is 1. The molecule has 3 rings (SSSR count). The first-order valence-electron chi connectivity index (χ1n) is 7.59. The van der Waals surface area contributed by atoms with Crippen LogP contribution in [0.25, 0.3) is 6.08 Å². The minimum atomic E-state index is -0.184. The van der Waals surface area contributed by atoms with E-state index < -0.39 is 0 Å². The van der Waals surface area contributed by atoms with Crippen molar-refractivity contribution < 1.29 is 14.6 Å². The van der Waals surface area contributed by atoms with Crippen molar-refractivity contribution >= 4 is 77.8 Å². The molecule has 0 saturated carbocycles. The third-order valence-corrected chi connectivity index (χ3v) is 6.01. The van der Waals surface area contributed by atoms with Gasteiger partial charge in [0.25, 0.3) is 5.91 Å². The quantitative estimate of drug-likeness (QED) is 0.417. The first kappa shape index (κ1) is 19.4. The van der Waals surface area contributed by atoms with E-state index in [1.165, 1.54) is 16.7 Å². The number of phenolic OH excluding ortho intramolecular Hbond substituents is 1. The molecule has 1 amide bonds. The number of thiocarbonyl (C=S) groups is 1. The molecule has 2 aromatic carbocycles. The number of anilines is 1. The molecule has 1 aliphatic rings. The standard InChI is InChI=1S/C18H13Br2NO3S2/c1-2-24-15-6-10(13(20)9-14(15)22)7-16-17(23)21(18(25)26-16)12-5-3-4-11(19)8-12/h3-9,22H,2H2,1H3/b16-7+. The summed E-state index contributed by atoms with van der Waals surface area (Å²) in [4.78, 5) is 14.9. The minimum absolute atomic E-state index is 0.0394. The van der Waals surface area contributed by atoms with Gasteiger partial charge in [0, 0.05) is 8.95 Å². The first-order valence-corrected chi connectivity index (χ1v) is 10.4. The summed E-state index contributed by atoms with van der Waals surface area (Å²) in [7, 11) is 0. The molecular formula is C18H13Br2NO3S2. The second-order valence-electron chi connectivity index (χ2n) is 5.27. The maximum absolute atomic E-state index is 12.9. The molecule has 0 spiro atoms. The number of amides is 1. The highest BCUT2D eigenvalue weighted by Crippen LogP contribution is 2.39.